The smallest absolute Gasteiger partial charge is 0.317 e. The molecule has 1 aliphatic rings. The van der Waals surface area contributed by atoms with Gasteiger partial charge in [0, 0.05) is 38.2 Å². The van der Waals surface area contributed by atoms with E-state index in [0.717, 1.165) is 18.4 Å². The van der Waals surface area contributed by atoms with Crippen LogP contribution in [0, 0.1) is 5.92 Å². The van der Waals surface area contributed by atoms with Crippen molar-refractivity contribution in [3.8, 4) is 0 Å². The van der Waals surface area contributed by atoms with Gasteiger partial charge in [-0.25, -0.2) is 17.5 Å². The first-order valence-electron chi connectivity index (χ1n) is 7.94. The maximum atomic E-state index is 12.2. The summed E-state index contributed by atoms with van der Waals surface area (Å²) in [6, 6.07) is 7.27. The molecule has 1 saturated heterocycles. The monoisotopic (exact) mass is 373 g/mol. The highest BCUT2D eigenvalue weighted by Gasteiger charge is 2.25. The molecule has 2 amide bonds. The Labute approximate surface area is 148 Å². The quantitative estimate of drug-likeness (QED) is 0.859. The van der Waals surface area contributed by atoms with Crippen LogP contribution in [-0.2, 0) is 16.6 Å². The largest absolute Gasteiger partial charge is 0.338 e. The third-order valence-corrected chi connectivity index (χ3v) is 5.82. The van der Waals surface area contributed by atoms with E-state index in [1.54, 1.807) is 24.1 Å². The Morgan fingerprint density at radius 3 is 2.42 bits per heavy atom. The lowest BCUT2D eigenvalue weighted by Gasteiger charge is -2.30. The minimum Gasteiger partial charge on any atom is -0.338 e. The molecule has 8 heteroatoms. The van der Waals surface area contributed by atoms with E-state index in [1.807, 2.05) is 12.1 Å². The SMILES string of the molecule is CN(Cc1ccc(Cl)cc1)C(=O)NCC1CCN(S(C)(=O)=O)CC1. The average molecular weight is 374 g/mol. The minimum absolute atomic E-state index is 0.129. The van der Waals surface area contributed by atoms with Gasteiger partial charge in [0.15, 0.2) is 0 Å². The van der Waals surface area contributed by atoms with Crippen LogP contribution in [0.25, 0.3) is 0 Å². The van der Waals surface area contributed by atoms with Gasteiger partial charge < -0.3 is 10.2 Å². The van der Waals surface area contributed by atoms with Crippen molar-refractivity contribution in [2.24, 2.45) is 5.92 Å². The van der Waals surface area contributed by atoms with Crippen LogP contribution in [0.5, 0.6) is 0 Å². The lowest BCUT2D eigenvalue weighted by molar-refractivity contribution is 0.200. The van der Waals surface area contributed by atoms with Crippen molar-refractivity contribution < 1.29 is 13.2 Å². The van der Waals surface area contributed by atoms with Gasteiger partial charge in [-0.05, 0) is 36.5 Å². The Balaban J connectivity index is 1.74. The number of carbonyl (C=O) groups is 1. The summed E-state index contributed by atoms with van der Waals surface area (Å²) in [6.45, 7) is 2.14. The maximum absolute atomic E-state index is 12.2. The normalized spacial score (nSPS) is 16.8. The Morgan fingerprint density at radius 2 is 1.88 bits per heavy atom. The third kappa shape index (κ3) is 5.65. The maximum Gasteiger partial charge on any atom is 0.317 e. The summed E-state index contributed by atoms with van der Waals surface area (Å²) in [4.78, 5) is 13.8. The number of halogens is 1. The van der Waals surface area contributed by atoms with Gasteiger partial charge in [0.25, 0.3) is 0 Å². The molecule has 6 nitrogen and oxygen atoms in total. The Bertz CT molecular complexity index is 656. The van der Waals surface area contributed by atoms with E-state index in [2.05, 4.69) is 5.32 Å². The topological polar surface area (TPSA) is 69.7 Å². The van der Waals surface area contributed by atoms with Crippen LogP contribution in [0.3, 0.4) is 0 Å². The molecular weight excluding hydrogens is 350 g/mol. The summed E-state index contributed by atoms with van der Waals surface area (Å²) in [5.74, 6) is 0.316. The Morgan fingerprint density at radius 1 is 1.29 bits per heavy atom. The predicted molar refractivity (Wildman–Crippen MR) is 95.5 cm³/mol. The molecule has 0 unspecified atom stereocenters. The van der Waals surface area contributed by atoms with E-state index in [4.69, 9.17) is 11.6 Å². The number of sulfonamides is 1. The summed E-state index contributed by atoms with van der Waals surface area (Å²) in [5, 5.41) is 3.60. The number of urea groups is 1. The fourth-order valence-corrected chi connectivity index (χ4v) is 3.75. The van der Waals surface area contributed by atoms with Gasteiger partial charge in [0.05, 0.1) is 6.26 Å². The van der Waals surface area contributed by atoms with Crippen LogP contribution in [0.2, 0.25) is 5.02 Å². The second-order valence-corrected chi connectivity index (χ2v) is 8.69. The van der Waals surface area contributed by atoms with Gasteiger partial charge in [0.2, 0.25) is 10.0 Å². The molecule has 0 bridgehead atoms. The highest BCUT2D eigenvalue weighted by molar-refractivity contribution is 7.88. The summed E-state index contributed by atoms with van der Waals surface area (Å²) >= 11 is 5.85. The van der Waals surface area contributed by atoms with E-state index >= 15 is 0 Å². The van der Waals surface area contributed by atoms with Crippen LogP contribution in [0.1, 0.15) is 18.4 Å². The van der Waals surface area contributed by atoms with Crippen molar-refractivity contribution in [3.63, 3.8) is 0 Å². The molecule has 1 aromatic rings. The van der Waals surface area contributed by atoms with Gasteiger partial charge >= 0.3 is 6.03 Å². The van der Waals surface area contributed by atoms with Gasteiger partial charge in [-0.2, -0.15) is 0 Å². The van der Waals surface area contributed by atoms with Crippen LogP contribution >= 0.6 is 11.6 Å². The predicted octanol–water partition coefficient (Wildman–Crippen LogP) is 2.15. The van der Waals surface area contributed by atoms with Crippen molar-refractivity contribution >= 4 is 27.7 Å². The second kappa shape index (κ2) is 8.18. The van der Waals surface area contributed by atoms with E-state index < -0.39 is 10.0 Å². The fourth-order valence-electron chi connectivity index (χ4n) is 2.75. The van der Waals surface area contributed by atoms with E-state index in [9.17, 15) is 13.2 Å². The molecule has 0 atom stereocenters. The summed E-state index contributed by atoms with van der Waals surface area (Å²) in [7, 11) is -1.36. The van der Waals surface area contributed by atoms with Gasteiger partial charge in [-0.3, -0.25) is 0 Å². The average Bonchev–Trinajstić information content (AvgIpc) is 2.54. The second-order valence-electron chi connectivity index (χ2n) is 6.27. The number of hydrogen-bond acceptors (Lipinski definition) is 3. The number of piperidine rings is 1. The number of carbonyl (C=O) groups excluding carboxylic acids is 1. The molecule has 1 fully saturated rings. The molecule has 0 radical (unpaired) electrons. The van der Waals surface area contributed by atoms with Crippen LogP contribution < -0.4 is 5.32 Å². The van der Waals surface area contributed by atoms with Gasteiger partial charge in [0.1, 0.15) is 0 Å². The molecule has 0 spiro atoms. The van der Waals surface area contributed by atoms with Crippen molar-refractivity contribution in [2.75, 3.05) is 32.9 Å². The molecular formula is C16H24ClN3O3S. The summed E-state index contributed by atoms with van der Waals surface area (Å²) in [6.07, 6.45) is 2.78. The number of nitrogens with zero attached hydrogens (tertiary/aromatic N) is 2. The minimum atomic E-state index is -3.10. The van der Waals surface area contributed by atoms with E-state index in [0.29, 0.717) is 37.1 Å². The lowest BCUT2D eigenvalue weighted by atomic mass is 9.98. The van der Waals surface area contributed by atoms with Crippen LogP contribution in [-0.4, -0.2) is 56.6 Å². The zero-order chi connectivity index (χ0) is 17.7. The van der Waals surface area contributed by atoms with Crippen molar-refractivity contribution in [1.29, 1.82) is 0 Å². The molecule has 1 aromatic carbocycles. The van der Waals surface area contributed by atoms with Crippen molar-refractivity contribution in [2.45, 2.75) is 19.4 Å². The van der Waals surface area contributed by atoms with Crippen LogP contribution in [0.4, 0.5) is 4.79 Å². The molecule has 0 aromatic heterocycles. The summed E-state index contributed by atoms with van der Waals surface area (Å²) in [5.41, 5.74) is 1.01. The van der Waals surface area contributed by atoms with Crippen LogP contribution in [0.15, 0.2) is 24.3 Å². The first-order chi connectivity index (χ1) is 11.3. The highest BCUT2D eigenvalue weighted by atomic mass is 35.5. The number of nitrogens with one attached hydrogen (secondary N) is 1. The number of amides is 2. The molecule has 1 heterocycles. The van der Waals surface area contributed by atoms with Crippen molar-refractivity contribution in [3.05, 3.63) is 34.9 Å². The van der Waals surface area contributed by atoms with Crippen molar-refractivity contribution in [1.82, 2.24) is 14.5 Å². The zero-order valence-electron chi connectivity index (χ0n) is 14.0. The van der Waals surface area contributed by atoms with Gasteiger partial charge in [-0.1, -0.05) is 23.7 Å². The molecule has 1 aliphatic heterocycles. The number of rotatable bonds is 5. The van der Waals surface area contributed by atoms with E-state index in [-0.39, 0.29) is 6.03 Å². The standard InChI is InChI=1S/C16H24ClN3O3S/c1-19(12-14-3-5-15(17)6-4-14)16(21)18-11-13-7-9-20(10-8-13)24(2,22)23/h3-6,13H,7-12H2,1-2H3,(H,18,21). The first kappa shape index (κ1) is 19.0. The molecule has 2 rings (SSSR count). The van der Waals surface area contributed by atoms with Gasteiger partial charge in [-0.15, -0.1) is 0 Å². The highest BCUT2D eigenvalue weighted by Crippen LogP contribution is 2.18. The first-order valence-corrected chi connectivity index (χ1v) is 10.2. The molecule has 0 saturated carbocycles. The third-order valence-electron chi connectivity index (χ3n) is 4.26. The molecule has 0 aliphatic carbocycles. The lowest BCUT2D eigenvalue weighted by Crippen LogP contribution is -2.43. The molecule has 1 N–H and O–H groups in total. The number of hydrogen-bond donors (Lipinski definition) is 1. The summed E-state index contributed by atoms with van der Waals surface area (Å²) < 4.78 is 24.5. The molecule has 134 valence electrons. The Kier molecular flexibility index (Phi) is 6.48. The Hall–Kier alpha value is -1.31. The zero-order valence-corrected chi connectivity index (χ0v) is 15.6. The molecule has 24 heavy (non-hydrogen) atoms. The fraction of sp³-hybridized carbons (Fsp3) is 0.562. The number of benzene rings is 1. The van der Waals surface area contributed by atoms with E-state index in [1.165, 1.54) is 10.6 Å².